The van der Waals surface area contributed by atoms with E-state index in [1.165, 1.54) is 29.6 Å². The van der Waals surface area contributed by atoms with E-state index in [9.17, 15) is 9.59 Å². The molecule has 174 valence electrons. The molecule has 1 aliphatic rings. The highest BCUT2D eigenvalue weighted by atomic mass is 32.1. The summed E-state index contributed by atoms with van der Waals surface area (Å²) in [6.07, 6.45) is 2.26. The molecule has 1 aromatic carbocycles. The third kappa shape index (κ3) is 4.56. The van der Waals surface area contributed by atoms with Crippen LogP contribution in [0.2, 0.25) is 0 Å². The first-order valence-corrected chi connectivity index (χ1v) is 11.9. The van der Waals surface area contributed by atoms with E-state index in [4.69, 9.17) is 9.47 Å². The van der Waals surface area contributed by atoms with Crippen molar-refractivity contribution in [2.75, 3.05) is 14.2 Å². The van der Waals surface area contributed by atoms with Crippen molar-refractivity contribution in [2.24, 2.45) is 5.92 Å². The number of hydrogen-bond acceptors (Lipinski definition) is 5. The zero-order valence-electron chi connectivity index (χ0n) is 20.4. The number of carbonyl (C=O) groups excluding carboxylic acids is 2. The fraction of sp³-hybridized carbons (Fsp3) is 0.538. The van der Waals surface area contributed by atoms with Gasteiger partial charge in [0.05, 0.1) is 19.1 Å². The van der Waals surface area contributed by atoms with Crippen LogP contribution in [0.3, 0.4) is 0 Å². The molecule has 1 amide bonds. The van der Waals surface area contributed by atoms with Crippen LogP contribution in [-0.4, -0.2) is 32.1 Å². The van der Waals surface area contributed by atoms with Crippen LogP contribution in [0, 0.1) is 5.92 Å². The molecule has 0 radical (unpaired) electrons. The maximum absolute atomic E-state index is 12.9. The van der Waals surface area contributed by atoms with Gasteiger partial charge in [0.25, 0.3) is 5.91 Å². The first kappa shape index (κ1) is 24.3. The van der Waals surface area contributed by atoms with Crippen molar-refractivity contribution in [3.63, 3.8) is 0 Å². The standard InChI is InChI=1S/C26H35NO4S/c1-15(2)22(24(29)31-8)27-23(28)21-10-9-20(32-21)16-13-17-18(14-19(16)30-7)26(5,6)12-11-25(17,3)4/h9-10,13-15,22H,11-12H2,1-8H3,(H,27,28). The fourth-order valence-corrected chi connectivity index (χ4v) is 5.33. The van der Waals surface area contributed by atoms with Crippen LogP contribution in [0.5, 0.6) is 5.75 Å². The summed E-state index contributed by atoms with van der Waals surface area (Å²) in [6, 6.07) is 7.50. The Bertz CT molecular complexity index is 1020. The maximum atomic E-state index is 12.9. The molecule has 6 heteroatoms. The minimum absolute atomic E-state index is 0.0721. The number of nitrogens with one attached hydrogen (secondary N) is 1. The number of hydrogen-bond donors (Lipinski definition) is 1. The molecule has 1 unspecified atom stereocenters. The lowest BCUT2D eigenvalue weighted by atomic mass is 9.63. The Balaban J connectivity index is 1.98. The van der Waals surface area contributed by atoms with E-state index in [0.717, 1.165) is 29.0 Å². The molecule has 0 saturated heterocycles. The topological polar surface area (TPSA) is 64.6 Å². The third-order valence-corrected chi connectivity index (χ3v) is 7.79. The van der Waals surface area contributed by atoms with Crippen molar-refractivity contribution in [1.29, 1.82) is 0 Å². The number of thiophene rings is 1. The van der Waals surface area contributed by atoms with Gasteiger partial charge in [-0.15, -0.1) is 11.3 Å². The van der Waals surface area contributed by atoms with E-state index >= 15 is 0 Å². The minimum Gasteiger partial charge on any atom is -0.496 e. The van der Waals surface area contributed by atoms with E-state index in [-0.39, 0.29) is 22.7 Å². The van der Waals surface area contributed by atoms with Gasteiger partial charge in [-0.3, -0.25) is 4.79 Å². The number of amides is 1. The van der Waals surface area contributed by atoms with E-state index in [1.807, 2.05) is 19.9 Å². The van der Waals surface area contributed by atoms with Crippen molar-refractivity contribution in [2.45, 2.75) is 71.3 Å². The van der Waals surface area contributed by atoms with Gasteiger partial charge in [0.2, 0.25) is 0 Å². The van der Waals surface area contributed by atoms with Crippen LogP contribution in [0.4, 0.5) is 0 Å². The predicted octanol–water partition coefficient (Wildman–Crippen LogP) is 5.70. The molecule has 1 N–H and O–H groups in total. The van der Waals surface area contributed by atoms with Crippen LogP contribution in [-0.2, 0) is 20.4 Å². The summed E-state index contributed by atoms with van der Waals surface area (Å²) in [7, 11) is 3.02. The Labute approximate surface area is 195 Å². The highest BCUT2D eigenvalue weighted by molar-refractivity contribution is 7.17. The van der Waals surface area contributed by atoms with Gasteiger partial charge in [-0.1, -0.05) is 41.5 Å². The lowest BCUT2D eigenvalue weighted by Crippen LogP contribution is -2.44. The zero-order chi connectivity index (χ0) is 23.8. The lowest BCUT2D eigenvalue weighted by Gasteiger charge is -2.42. The molecule has 5 nitrogen and oxygen atoms in total. The van der Waals surface area contributed by atoms with Crippen molar-refractivity contribution in [3.8, 4) is 16.2 Å². The van der Waals surface area contributed by atoms with Gasteiger partial charge < -0.3 is 14.8 Å². The quantitative estimate of drug-likeness (QED) is 0.565. The van der Waals surface area contributed by atoms with Crippen LogP contribution in [0.1, 0.15) is 75.2 Å². The second-order valence-electron chi connectivity index (χ2n) is 10.2. The number of methoxy groups -OCH3 is 2. The van der Waals surface area contributed by atoms with Crippen molar-refractivity contribution < 1.29 is 19.1 Å². The number of carbonyl (C=O) groups is 2. The molecule has 0 saturated carbocycles. The number of benzene rings is 1. The smallest absolute Gasteiger partial charge is 0.328 e. The van der Waals surface area contributed by atoms with Gasteiger partial charge in [-0.25, -0.2) is 4.79 Å². The summed E-state index contributed by atoms with van der Waals surface area (Å²) in [6.45, 7) is 12.9. The molecular weight excluding hydrogens is 422 g/mol. The molecule has 3 rings (SSSR count). The van der Waals surface area contributed by atoms with Crippen molar-refractivity contribution >= 4 is 23.2 Å². The molecular formula is C26H35NO4S. The average molecular weight is 458 g/mol. The van der Waals surface area contributed by atoms with Crippen molar-refractivity contribution in [1.82, 2.24) is 5.32 Å². The molecule has 1 atom stereocenters. The first-order chi connectivity index (χ1) is 14.9. The Morgan fingerprint density at radius 1 is 1.00 bits per heavy atom. The van der Waals surface area contributed by atoms with Crippen molar-refractivity contribution in [3.05, 3.63) is 40.3 Å². The van der Waals surface area contributed by atoms with Crippen LogP contribution >= 0.6 is 11.3 Å². The van der Waals surface area contributed by atoms with Crippen LogP contribution in [0.25, 0.3) is 10.4 Å². The zero-order valence-corrected chi connectivity index (χ0v) is 21.2. The van der Waals surface area contributed by atoms with E-state index in [2.05, 4.69) is 45.1 Å². The highest BCUT2D eigenvalue weighted by Crippen LogP contribution is 2.49. The summed E-state index contributed by atoms with van der Waals surface area (Å²) in [5, 5.41) is 2.82. The molecule has 32 heavy (non-hydrogen) atoms. The highest BCUT2D eigenvalue weighted by Gasteiger charge is 2.38. The van der Waals surface area contributed by atoms with Gasteiger partial charge in [0, 0.05) is 10.4 Å². The second kappa shape index (κ2) is 8.89. The summed E-state index contributed by atoms with van der Waals surface area (Å²) >= 11 is 1.40. The normalized spacial score (nSPS) is 17.4. The van der Waals surface area contributed by atoms with E-state index in [1.54, 1.807) is 13.2 Å². The fourth-order valence-electron chi connectivity index (χ4n) is 4.40. The van der Waals surface area contributed by atoms with E-state index < -0.39 is 12.0 Å². The molecule has 0 bridgehead atoms. The lowest BCUT2D eigenvalue weighted by molar-refractivity contribution is -0.144. The number of esters is 1. The first-order valence-electron chi connectivity index (χ1n) is 11.1. The predicted molar refractivity (Wildman–Crippen MR) is 130 cm³/mol. The Morgan fingerprint density at radius 2 is 1.59 bits per heavy atom. The molecule has 2 aromatic rings. The molecule has 0 fully saturated rings. The van der Waals surface area contributed by atoms with Gasteiger partial charge in [-0.2, -0.15) is 0 Å². The summed E-state index contributed by atoms with van der Waals surface area (Å²) in [4.78, 5) is 26.4. The van der Waals surface area contributed by atoms with E-state index in [0.29, 0.717) is 4.88 Å². The van der Waals surface area contributed by atoms with Gasteiger partial charge in [0.15, 0.2) is 0 Å². The molecule has 0 aliphatic heterocycles. The summed E-state index contributed by atoms with van der Waals surface area (Å²) < 4.78 is 10.6. The average Bonchev–Trinajstić information content (AvgIpc) is 3.23. The Morgan fingerprint density at radius 3 is 2.12 bits per heavy atom. The Hall–Kier alpha value is -2.34. The van der Waals surface area contributed by atoms with Gasteiger partial charge in [-0.05, 0) is 65.0 Å². The second-order valence-corrected chi connectivity index (χ2v) is 11.3. The number of ether oxygens (including phenoxy) is 2. The summed E-state index contributed by atoms with van der Waals surface area (Å²) in [5.74, 6) is 0.0326. The maximum Gasteiger partial charge on any atom is 0.328 e. The molecule has 1 heterocycles. The van der Waals surface area contributed by atoms with Gasteiger partial charge >= 0.3 is 5.97 Å². The SMILES string of the molecule is COC(=O)C(NC(=O)c1ccc(-c2cc3c(cc2OC)C(C)(C)CCC3(C)C)s1)C(C)C. The monoisotopic (exact) mass is 457 g/mol. The molecule has 0 spiro atoms. The number of rotatable bonds is 6. The van der Waals surface area contributed by atoms with Crippen LogP contribution < -0.4 is 10.1 Å². The molecule has 1 aromatic heterocycles. The third-order valence-electron chi connectivity index (χ3n) is 6.68. The van der Waals surface area contributed by atoms with Gasteiger partial charge in [0.1, 0.15) is 11.8 Å². The van der Waals surface area contributed by atoms with Crippen LogP contribution in [0.15, 0.2) is 24.3 Å². The number of fused-ring (bicyclic) bond motifs is 1. The largest absolute Gasteiger partial charge is 0.496 e. The summed E-state index contributed by atoms with van der Waals surface area (Å²) in [5.41, 5.74) is 3.84. The molecule has 1 aliphatic carbocycles. The minimum atomic E-state index is -0.681. The Kier molecular flexibility index (Phi) is 6.75.